The molecular formula is C30H31N3O5. The Bertz CT molecular complexity index is 1290. The van der Waals surface area contributed by atoms with Gasteiger partial charge < -0.3 is 14.4 Å². The normalized spacial score (nSPS) is 11.3. The van der Waals surface area contributed by atoms with Crippen molar-refractivity contribution in [3.05, 3.63) is 108 Å². The van der Waals surface area contributed by atoms with Crippen LogP contribution in [0.25, 0.3) is 17.2 Å². The van der Waals surface area contributed by atoms with Gasteiger partial charge in [0.15, 0.2) is 6.61 Å². The number of rotatable bonds is 15. The Balaban J connectivity index is 1.23. The minimum atomic E-state index is -0.746. The molecule has 0 spiro atoms. The van der Waals surface area contributed by atoms with E-state index < -0.39 is 5.97 Å². The van der Waals surface area contributed by atoms with Gasteiger partial charge in [0.05, 0.1) is 12.3 Å². The quantitative estimate of drug-likeness (QED) is 0.139. The van der Waals surface area contributed by atoms with Gasteiger partial charge in [-0.05, 0) is 54.7 Å². The highest BCUT2D eigenvalue weighted by Gasteiger charge is 2.09. The Kier molecular flexibility index (Phi) is 10.1. The van der Waals surface area contributed by atoms with Crippen molar-refractivity contribution in [2.45, 2.75) is 45.3 Å². The van der Waals surface area contributed by atoms with Crippen molar-refractivity contribution in [3.63, 3.8) is 0 Å². The summed E-state index contributed by atoms with van der Waals surface area (Å²) in [5.41, 5.74) is 6.84. The van der Waals surface area contributed by atoms with Crippen molar-refractivity contribution in [3.8, 4) is 17.2 Å². The average Bonchev–Trinajstić information content (AvgIpc) is 3.43. The van der Waals surface area contributed by atoms with Crippen LogP contribution in [0.2, 0.25) is 0 Å². The topological polar surface area (TPSA) is 107 Å². The summed E-state index contributed by atoms with van der Waals surface area (Å²) in [6.45, 7) is 0.573. The van der Waals surface area contributed by atoms with Crippen molar-refractivity contribution >= 4 is 11.7 Å². The molecule has 0 aliphatic heterocycles. The highest BCUT2D eigenvalue weighted by molar-refractivity contribution is 5.66. The van der Waals surface area contributed by atoms with Crippen LogP contribution in [0.15, 0.2) is 95.5 Å². The van der Waals surface area contributed by atoms with Crippen molar-refractivity contribution in [2.75, 3.05) is 0 Å². The third-order valence-electron chi connectivity index (χ3n) is 5.73. The Morgan fingerprint density at radius 3 is 2.37 bits per heavy atom. The summed E-state index contributed by atoms with van der Waals surface area (Å²) in [5.74, 6) is 0.888. The van der Waals surface area contributed by atoms with Gasteiger partial charge in [-0.1, -0.05) is 78.3 Å². The second-order valence-corrected chi connectivity index (χ2v) is 8.68. The zero-order valence-corrected chi connectivity index (χ0v) is 21.1. The fraction of sp³-hybridized carbons (Fsp3) is 0.233. The van der Waals surface area contributed by atoms with E-state index >= 15 is 0 Å². The van der Waals surface area contributed by atoms with Crippen molar-refractivity contribution < 1.29 is 24.0 Å². The lowest BCUT2D eigenvalue weighted by Gasteiger charge is -2.12. The SMILES string of the molecule is O=C(O)CCCCCC=C(NOCc1ccc(OCc2noc(-c3ccccc3)n2)cc1)c1ccccc1. The molecule has 4 rings (SSSR count). The van der Waals surface area contributed by atoms with Gasteiger partial charge in [-0.3, -0.25) is 15.1 Å². The summed E-state index contributed by atoms with van der Waals surface area (Å²) in [6, 6.07) is 27.2. The number of ether oxygens (including phenoxy) is 1. The van der Waals surface area contributed by atoms with Gasteiger partial charge in [0.25, 0.3) is 5.89 Å². The lowest BCUT2D eigenvalue weighted by molar-refractivity contribution is -0.137. The molecule has 0 atom stereocenters. The molecule has 0 aliphatic carbocycles. The van der Waals surface area contributed by atoms with E-state index in [1.165, 1.54) is 0 Å². The predicted octanol–water partition coefficient (Wildman–Crippen LogP) is 6.41. The van der Waals surface area contributed by atoms with Crippen LogP contribution in [-0.2, 0) is 22.8 Å². The molecule has 0 bridgehead atoms. The van der Waals surface area contributed by atoms with Gasteiger partial charge in [-0.2, -0.15) is 4.98 Å². The van der Waals surface area contributed by atoms with E-state index in [1.54, 1.807) is 0 Å². The number of aromatic nitrogens is 2. The van der Waals surface area contributed by atoms with Gasteiger partial charge in [0.2, 0.25) is 5.82 Å². The monoisotopic (exact) mass is 513 g/mol. The minimum absolute atomic E-state index is 0.204. The summed E-state index contributed by atoms with van der Waals surface area (Å²) in [4.78, 5) is 20.8. The van der Waals surface area contributed by atoms with E-state index in [9.17, 15) is 4.79 Å². The first-order chi connectivity index (χ1) is 18.7. The average molecular weight is 514 g/mol. The van der Waals surface area contributed by atoms with Crippen LogP contribution in [0, 0.1) is 0 Å². The van der Waals surface area contributed by atoms with Crippen LogP contribution in [0.1, 0.15) is 49.1 Å². The summed E-state index contributed by atoms with van der Waals surface area (Å²) in [5, 5.41) is 12.8. The van der Waals surface area contributed by atoms with Crippen molar-refractivity contribution in [1.29, 1.82) is 0 Å². The van der Waals surface area contributed by atoms with E-state index in [0.29, 0.717) is 30.5 Å². The van der Waals surface area contributed by atoms with Crippen LogP contribution in [0.4, 0.5) is 0 Å². The van der Waals surface area contributed by atoms with Gasteiger partial charge in [-0.25, -0.2) is 0 Å². The fourth-order valence-electron chi connectivity index (χ4n) is 3.72. The second-order valence-electron chi connectivity index (χ2n) is 8.68. The number of nitrogens with one attached hydrogen (secondary N) is 1. The molecule has 8 heteroatoms. The zero-order chi connectivity index (χ0) is 26.4. The molecule has 1 heterocycles. The molecule has 196 valence electrons. The van der Waals surface area contributed by atoms with Crippen LogP contribution in [0.5, 0.6) is 5.75 Å². The van der Waals surface area contributed by atoms with Gasteiger partial charge in [0, 0.05) is 12.0 Å². The first-order valence-electron chi connectivity index (χ1n) is 12.6. The molecule has 0 fully saturated rings. The number of carboxylic acids is 1. The summed E-state index contributed by atoms with van der Waals surface area (Å²) < 4.78 is 11.1. The molecule has 0 aliphatic rings. The number of benzene rings is 3. The number of allylic oxidation sites excluding steroid dienone is 1. The number of carboxylic acid groups (broad SMARTS) is 1. The maximum absolute atomic E-state index is 10.7. The molecule has 0 saturated heterocycles. The Labute approximate surface area is 221 Å². The smallest absolute Gasteiger partial charge is 0.303 e. The maximum atomic E-state index is 10.7. The predicted molar refractivity (Wildman–Crippen MR) is 144 cm³/mol. The number of unbranched alkanes of at least 4 members (excludes halogenated alkanes) is 3. The number of hydrogen-bond acceptors (Lipinski definition) is 7. The standard InChI is InChI=1S/C30H31N3O5/c34-29(35)16-10-2-1-9-15-27(24-11-5-3-6-12-24)32-37-21-23-17-19-26(20-18-23)36-22-28-31-30(38-33-28)25-13-7-4-8-14-25/h3-8,11-15,17-20,32H,1-2,9-10,16,21-22H2,(H,34,35). The number of hydrogen-bond donors (Lipinski definition) is 2. The maximum Gasteiger partial charge on any atom is 0.303 e. The first-order valence-corrected chi connectivity index (χ1v) is 12.6. The van der Waals surface area contributed by atoms with Gasteiger partial charge >= 0.3 is 5.97 Å². The molecule has 38 heavy (non-hydrogen) atoms. The van der Waals surface area contributed by atoms with Crippen LogP contribution in [-0.4, -0.2) is 21.2 Å². The number of carbonyl (C=O) groups is 1. The van der Waals surface area contributed by atoms with Crippen LogP contribution in [0.3, 0.4) is 0 Å². The number of aliphatic carboxylic acids is 1. The van der Waals surface area contributed by atoms with E-state index in [1.807, 2.05) is 84.9 Å². The lowest BCUT2D eigenvalue weighted by Crippen LogP contribution is -2.13. The third-order valence-corrected chi connectivity index (χ3v) is 5.73. The van der Waals surface area contributed by atoms with E-state index in [0.717, 1.165) is 41.6 Å². The largest absolute Gasteiger partial charge is 0.485 e. The third kappa shape index (κ3) is 8.60. The summed E-state index contributed by atoms with van der Waals surface area (Å²) >= 11 is 0. The highest BCUT2D eigenvalue weighted by Crippen LogP contribution is 2.19. The second kappa shape index (κ2) is 14.3. The van der Waals surface area contributed by atoms with Crippen LogP contribution >= 0.6 is 0 Å². The van der Waals surface area contributed by atoms with Gasteiger partial charge in [0.1, 0.15) is 5.75 Å². The molecule has 8 nitrogen and oxygen atoms in total. The molecule has 0 saturated carbocycles. The summed E-state index contributed by atoms with van der Waals surface area (Å²) in [7, 11) is 0. The number of hydroxylamine groups is 1. The van der Waals surface area contributed by atoms with Crippen molar-refractivity contribution in [1.82, 2.24) is 15.6 Å². The fourth-order valence-corrected chi connectivity index (χ4v) is 3.72. The molecule has 0 radical (unpaired) electrons. The minimum Gasteiger partial charge on any atom is -0.485 e. The molecule has 2 N–H and O–H groups in total. The van der Waals surface area contributed by atoms with E-state index in [4.69, 9.17) is 19.2 Å². The van der Waals surface area contributed by atoms with E-state index in [-0.39, 0.29) is 13.0 Å². The Morgan fingerprint density at radius 2 is 1.63 bits per heavy atom. The Morgan fingerprint density at radius 1 is 0.895 bits per heavy atom. The summed E-state index contributed by atoms with van der Waals surface area (Å²) in [6.07, 6.45) is 5.63. The first kappa shape index (κ1) is 26.6. The number of nitrogens with zero attached hydrogens (tertiary/aromatic N) is 2. The highest BCUT2D eigenvalue weighted by atomic mass is 16.6. The van der Waals surface area contributed by atoms with Gasteiger partial charge in [-0.15, -0.1) is 0 Å². The molecular weight excluding hydrogens is 482 g/mol. The van der Waals surface area contributed by atoms with Crippen molar-refractivity contribution in [2.24, 2.45) is 0 Å². The molecule has 3 aromatic carbocycles. The lowest BCUT2D eigenvalue weighted by atomic mass is 10.1. The Hall–Kier alpha value is -4.43. The van der Waals surface area contributed by atoms with Crippen LogP contribution < -0.4 is 10.2 Å². The molecule has 0 unspecified atom stereocenters. The molecule has 1 aromatic heterocycles. The van der Waals surface area contributed by atoms with E-state index in [2.05, 4.69) is 21.7 Å². The zero-order valence-electron chi connectivity index (χ0n) is 21.1. The molecule has 4 aromatic rings. The molecule has 0 amide bonds.